The van der Waals surface area contributed by atoms with Crippen LogP contribution >= 0.6 is 0 Å². The lowest BCUT2D eigenvalue weighted by Crippen LogP contribution is -2.16. The van der Waals surface area contributed by atoms with Gasteiger partial charge in [-0.05, 0) is 18.6 Å². The predicted octanol–water partition coefficient (Wildman–Crippen LogP) is 3.90. The molecule has 2 aromatic rings. The molecule has 0 atom stereocenters. The molecule has 0 radical (unpaired) electrons. The maximum atomic E-state index is 11.4. The molecule has 2 nitrogen and oxygen atoms in total. The third kappa shape index (κ3) is 3.45. The number of hydrogen-bond acceptors (Lipinski definition) is 1. The maximum Gasteiger partial charge on any atom is 0.251 e. The molecule has 1 aromatic carbocycles. The first kappa shape index (κ1) is 15.4. The van der Waals surface area contributed by atoms with Gasteiger partial charge in [-0.3, -0.25) is 4.79 Å². The highest BCUT2D eigenvalue weighted by molar-refractivity contribution is 5.82. The standard InChI is InChI=1S/C11H11NO.2C2H6/c1-8-7-11(13)12(2)10-6-4-3-5-9(8)10;2*1-2/h3-7H,1-2H3;2*1-2H3. The molecular formula is C15H23NO. The van der Waals surface area contributed by atoms with Gasteiger partial charge < -0.3 is 4.57 Å². The molecule has 0 N–H and O–H groups in total. The molecule has 2 rings (SSSR count). The van der Waals surface area contributed by atoms with E-state index in [1.165, 1.54) is 0 Å². The van der Waals surface area contributed by atoms with Crippen molar-refractivity contribution in [2.45, 2.75) is 34.6 Å². The van der Waals surface area contributed by atoms with Crippen molar-refractivity contribution < 1.29 is 0 Å². The van der Waals surface area contributed by atoms with E-state index in [4.69, 9.17) is 0 Å². The van der Waals surface area contributed by atoms with Crippen LogP contribution in [-0.2, 0) is 7.05 Å². The van der Waals surface area contributed by atoms with E-state index < -0.39 is 0 Å². The molecule has 0 fully saturated rings. The van der Waals surface area contributed by atoms with Gasteiger partial charge in [0.1, 0.15) is 0 Å². The first-order chi connectivity index (χ1) is 8.20. The van der Waals surface area contributed by atoms with Gasteiger partial charge in [0.2, 0.25) is 0 Å². The van der Waals surface area contributed by atoms with E-state index in [1.807, 2.05) is 58.9 Å². The lowest BCUT2D eigenvalue weighted by molar-refractivity contribution is 0.903. The Kier molecular flexibility index (Phi) is 6.95. The number of pyridine rings is 1. The molecule has 94 valence electrons. The summed E-state index contributed by atoms with van der Waals surface area (Å²) < 4.78 is 1.67. The smallest absolute Gasteiger partial charge is 0.251 e. The first-order valence-corrected chi connectivity index (χ1v) is 6.25. The molecule has 1 aromatic heterocycles. The van der Waals surface area contributed by atoms with E-state index in [1.54, 1.807) is 17.7 Å². The van der Waals surface area contributed by atoms with Crippen LogP contribution in [0.4, 0.5) is 0 Å². The quantitative estimate of drug-likeness (QED) is 0.676. The maximum absolute atomic E-state index is 11.4. The monoisotopic (exact) mass is 233 g/mol. The number of rotatable bonds is 0. The fourth-order valence-corrected chi connectivity index (χ4v) is 1.58. The molecule has 0 saturated heterocycles. The molecule has 0 spiro atoms. The third-order valence-electron chi connectivity index (χ3n) is 2.36. The summed E-state index contributed by atoms with van der Waals surface area (Å²) in [6.07, 6.45) is 0. The number of nitrogens with zero attached hydrogens (tertiary/aromatic N) is 1. The molecule has 0 aliphatic rings. The number of para-hydroxylation sites is 1. The summed E-state index contributed by atoms with van der Waals surface area (Å²) >= 11 is 0. The largest absolute Gasteiger partial charge is 0.311 e. The molecule has 0 saturated carbocycles. The number of fused-ring (bicyclic) bond motifs is 1. The molecule has 0 bridgehead atoms. The Balaban J connectivity index is 0.000000581. The first-order valence-electron chi connectivity index (χ1n) is 6.25. The number of aromatic nitrogens is 1. The van der Waals surface area contributed by atoms with E-state index in [0.29, 0.717) is 0 Å². The zero-order valence-corrected chi connectivity index (χ0v) is 11.7. The Morgan fingerprint density at radius 1 is 1.00 bits per heavy atom. The van der Waals surface area contributed by atoms with Gasteiger partial charge in [-0.2, -0.15) is 0 Å². The topological polar surface area (TPSA) is 22.0 Å². The van der Waals surface area contributed by atoms with Crippen molar-refractivity contribution in [3.63, 3.8) is 0 Å². The van der Waals surface area contributed by atoms with E-state index in [2.05, 4.69) is 0 Å². The Hall–Kier alpha value is -1.57. The predicted molar refractivity (Wildman–Crippen MR) is 76.6 cm³/mol. The molecule has 0 aliphatic heterocycles. The van der Waals surface area contributed by atoms with Crippen LogP contribution in [0.2, 0.25) is 0 Å². The van der Waals surface area contributed by atoms with Crippen LogP contribution < -0.4 is 5.56 Å². The van der Waals surface area contributed by atoms with Crippen molar-refractivity contribution in [2.75, 3.05) is 0 Å². The summed E-state index contributed by atoms with van der Waals surface area (Å²) in [6.45, 7) is 9.96. The average Bonchev–Trinajstić information content (AvgIpc) is 2.41. The minimum absolute atomic E-state index is 0.0520. The lowest BCUT2D eigenvalue weighted by Gasteiger charge is -2.05. The van der Waals surface area contributed by atoms with Gasteiger partial charge in [-0.15, -0.1) is 0 Å². The molecule has 2 heteroatoms. The fourth-order valence-electron chi connectivity index (χ4n) is 1.58. The van der Waals surface area contributed by atoms with Crippen molar-refractivity contribution in [3.8, 4) is 0 Å². The Morgan fingerprint density at radius 2 is 1.53 bits per heavy atom. The van der Waals surface area contributed by atoms with Crippen LogP contribution in [0.25, 0.3) is 10.9 Å². The second-order valence-corrected chi connectivity index (χ2v) is 3.24. The minimum atomic E-state index is 0.0520. The second-order valence-electron chi connectivity index (χ2n) is 3.24. The van der Waals surface area contributed by atoms with Crippen molar-refractivity contribution in [1.82, 2.24) is 4.57 Å². The van der Waals surface area contributed by atoms with Crippen LogP contribution in [0, 0.1) is 6.92 Å². The highest BCUT2D eigenvalue weighted by Gasteiger charge is 2.00. The Bertz CT molecular complexity index is 512. The van der Waals surface area contributed by atoms with E-state index in [0.717, 1.165) is 16.5 Å². The van der Waals surface area contributed by atoms with Crippen LogP contribution in [0.15, 0.2) is 35.1 Å². The SMILES string of the molecule is CC.CC.Cc1cc(=O)n(C)c2ccccc12. The Labute approximate surface area is 104 Å². The van der Waals surface area contributed by atoms with Gasteiger partial charge in [0.25, 0.3) is 5.56 Å². The third-order valence-corrected chi connectivity index (χ3v) is 2.36. The molecule has 17 heavy (non-hydrogen) atoms. The van der Waals surface area contributed by atoms with Crippen LogP contribution in [0.1, 0.15) is 33.3 Å². The molecule has 0 amide bonds. The van der Waals surface area contributed by atoms with Gasteiger partial charge in [0, 0.05) is 18.5 Å². The van der Waals surface area contributed by atoms with E-state index in [-0.39, 0.29) is 5.56 Å². The molecule has 0 aliphatic carbocycles. The minimum Gasteiger partial charge on any atom is -0.311 e. The summed E-state index contributed by atoms with van der Waals surface area (Å²) in [7, 11) is 1.80. The average molecular weight is 233 g/mol. The van der Waals surface area contributed by atoms with Gasteiger partial charge in [-0.25, -0.2) is 0 Å². The summed E-state index contributed by atoms with van der Waals surface area (Å²) in [4.78, 5) is 11.4. The van der Waals surface area contributed by atoms with Crippen LogP contribution in [-0.4, -0.2) is 4.57 Å². The summed E-state index contributed by atoms with van der Waals surface area (Å²) in [6, 6.07) is 9.59. The normalized spacial score (nSPS) is 8.82. The van der Waals surface area contributed by atoms with Crippen molar-refractivity contribution in [3.05, 3.63) is 46.2 Å². The zero-order valence-electron chi connectivity index (χ0n) is 11.7. The fraction of sp³-hybridized carbons (Fsp3) is 0.400. The van der Waals surface area contributed by atoms with Crippen LogP contribution in [0.3, 0.4) is 0 Å². The highest BCUT2D eigenvalue weighted by atomic mass is 16.1. The zero-order chi connectivity index (χ0) is 13.4. The summed E-state index contributed by atoms with van der Waals surface area (Å²) in [5, 5.41) is 1.14. The number of hydrogen-bond donors (Lipinski definition) is 0. The summed E-state index contributed by atoms with van der Waals surface area (Å²) in [5.74, 6) is 0. The molecule has 1 heterocycles. The van der Waals surface area contributed by atoms with E-state index >= 15 is 0 Å². The number of benzene rings is 1. The van der Waals surface area contributed by atoms with Gasteiger partial charge >= 0.3 is 0 Å². The highest BCUT2D eigenvalue weighted by Crippen LogP contribution is 2.14. The van der Waals surface area contributed by atoms with Crippen molar-refractivity contribution in [2.24, 2.45) is 7.05 Å². The summed E-state index contributed by atoms with van der Waals surface area (Å²) in [5.41, 5.74) is 2.09. The van der Waals surface area contributed by atoms with Gasteiger partial charge in [0.15, 0.2) is 0 Å². The van der Waals surface area contributed by atoms with E-state index in [9.17, 15) is 4.79 Å². The number of aryl methyl sites for hydroxylation is 2. The van der Waals surface area contributed by atoms with Crippen molar-refractivity contribution in [1.29, 1.82) is 0 Å². The lowest BCUT2D eigenvalue weighted by atomic mass is 10.1. The van der Waals surface area contributed by atoms with Crippen molar-refractivity contribution >= 4 is 10.9 Å². The van der Waals surface area contributed by atoms with Gasteiger partial charge in [-0.1, -0.05) is 45.9 Å². The van der Waals surface area contributed by atoms with Crippen LogP contribution in [0.5, 0.6) is 0 Å². The Morgan fingerprint density at radius 3 is 2.12 bits per heavy atom. The molecule has 0 unspecified atom stereocenters. The van der Waals surface area contributed by atoms with Gasteiger partial charge in [0.05, 0.1) is 5.52 Å². The second kappa shape index (κ2) is 7.66. The molecular weight excluding hydrogens is 210 g/mol.